The average molecular weight is 258 g/mol. The first-order valence-corrected chi connectivity index (χ1v) is 6.69. The van der Waals surface area contributed by atoms with Gasteiger partial charge in [-0.05, 0) is 44.0 Å². The quantitative estimate of drug-likeness (QED) is 0.874. The Labute approximate surface area is 112 Å². The second-order valence-electron chi connectivity index (χ2n) is 4.91. The summed E-state index contributed by atoms with van der Waals surface area (Å²) in [7, 11) is 0. The average Bonchev–Trinajstić information content (AvgIpc) is 2.46. The van der Waals surface area contributed by atoms with E-state index in [0.717, 1.165) is 36.8 Å². The number of nitrogens with two attached hydrogens (primary N) is 1. The van der Waals surface area contributed by atoms with Crippen LogP contribution in [0, 0.1) is 5.92 Å². The molecule has 1 aromatic heterocycles. The van der Waals surface area contributed by atoms with Crippen LogP contribution in [0.1, 0.15) is 12.8 Å². The molecule has 1 aromatic carbocycles. The summed E-state index contributed by atoms with van der Waals surface area (Å²) in [5.74, 6) is 1.06. The number of piperidine rings is 1. The minimum atomic E-state index is 0.384. The minimum absolute atomic E-state index is 0.384. The fraction of sp³-hybridized carbons (Fsp3) is 0.429. The SMILES string of the molecule is Nc1nc(OCC2CCNCC2)nc2ccccc12. The van der Waals surface area contributed by atoms with Crippen molar-refractivity contribution in [2.75, 3.05) is 25.4 Å². The lowest BCUT2D eigenvalue weighted by Crippen LogP contribution is -2.30. The number of benzene rings is 1. The van der Waals surface area contributed by atoms with Gasteiger partial charge in [-0.2, -0.15) is 9.97 Å². The summed E-state index contributed by atoms with van der Waals surface area (Å²) >= 11 is 0. The number of aromatic nitrogens is 2. The van der Waals surface area contributed by atoms with E-state index in [9.17, 15) is 0 Å². The van der Waals surface area contributed by atoms with Gasteiger partial charge in [0.15, 0.2) is 0 Å². The van der Waals surface area contributed by atoms with Gasteiger partial charge < -0.3 is 15.8 Å². The number of anilines is 1. The molecule has 0 atom stereocenters. The number of ether oxygens (including phenoxy) is 1. The van der Waals surface area contributed by atoms with E-state index in [2.05, 4.69) is 15.3 Å². The van der Waals surface area contributed by atoms with Crippen LogP contribution in [0.2, 0.25) is 0 Å². The van der Waals surface area contributed by atoms with E-state index >= 15 is 0 Å². The first-order chi connectivity index (χ1) is 9.33. The third-order valence-electron chi connectivity index (χ3n) is 3.52. The third kappa shape index (κ3) is 2.76. The molecule has 5 nitrogen and oxygen atoms in total. The molecule has 0 saturated carbocycles. The number of fused-ring (bicyclic) bond motifs is 1. The number of nitrogens with one attached hydrogen (secondary N) is 1. The van der Waals surface area contributed by atoms with Gasteiger partial charge in [-0.1, -0.05) is 12.1 Å². The summed E-state index contributed by atoms with van der Waals surface area (Å²) in [6.07, 6.45) is 2.28. The summed E-state index contributed by atoms with van der Waals surface area (Å²) in [4.78, 5) is 8.61. The van der Waals surface area contributed by atoms with Crippen molar-refractivity contribution in [2.45, 2.75) is 12.8 Å². The number of hydrogen-bond acceptors (Lipinski definition) is 5. The van der Waals surface area contributed by atoms with E-state index in [0.29, 0.717) is 24.4 Å². The van der Waals surface area contributed by atoms with Crippen LogP contribution >= 0.6 is 0 Å². The second-order valence-corrected chi connectivity index (χ2v) is 4.91. The van der Waals surface area contributed by atoms with Gasteiger partial charge in [0.2, 0.25) is 0 Å². The lowest BCUT2D eigenvalue weighted by atomic mass is 9.99. The molecular weight excluding hydrogens is 240 g/mol. The Balaban J connectivity index is 1.73. The molecule has 0 unspecified atom stereocenters. The molecule has 100 valence electrons. The minimum Gasteiger partial charge on any atom is -0.463 e. The van der Waals surface area contributed by atoms with Crippen molar-refractivity contribution in [2.24, 2.45) is 5.92 Å². The molecule has 2 heterocycles. The zero-order valence-electron chi connectivity index (χ0n) is 10.8. The van der Waals surface area contributed by atoms with Gasteiger partial charge >= 0.3 is 6.01 Å². The van der Waals surface area contributed by atoms with Crippen LogP contribution in [-0.4, -0.2) is 29.7 Å². The van der Waals surface area contributed by atoms with Crippen molar-refractivity contribution in [3.63, 3.8) is 0 Å². The Kier molecular flexibility index (Phi) is 3.46. The molecule has 1 fully saturated rings. The highest BCUT2D eigenvalue weighted by Crippen LogP contribution is 2.21. The molecule has 0 bridgehead atoms. The lowest BCUT2D eigenvalue weighted by Gasteiger charge is -2.22. The zero-order valence-corrected chi connectivity index (χ0v) is 10.8. The highest BCUT2D eigenvalue weighted by molar-refractivity contribution is 5.88. The van der Waals surface area contributed by atoms with Crippen molar-refractivity contribution in [1.29, 1.82) is 0 Å². The molecule has 0 spiro atoms. The van der Waals surface area contributed by atoms with Gasteiger partial charge in [-0.25, -0.2) is 0 Å². The Morgan fingerprint density at radius 3 is 2.84 bits per heavy atom. The Bertz CT molecular complexity index is 566. The topological polar surface area (TPSA) is 73.1 Å². The number of para-hydroxylation sites is 1. The molecule has 5 heteroatoms. The van der Waals surface area contributed by atoms with E-state index in [1.165, 1.54) is 0 Å². The standard InChI is InChI=1S/C14H18N4O/c15-13-11-3-1-2-4-12(11)17-14(18-13)19-9-10-5-7-16-8-6-10/h1-4,10,16H,5-9H2,(H2,15,17,18). The van der Waals surface area contributed by atoms with Gasteiger partial charge in [-0.3, -0.25) is 0 Å². The summed E-state index contributed by atoms with van der Waals surface area (Å²) in [5.41, 5.74) is 6.75. The number of nitrogens with zero attached hydrogens (tertiary/aromatic N) is 2. The molecule has 0 amide bonds. The third-order valence-corrected chi connectivity index (χ3v) is 3.52. The van der Waals surface area contributed by atoms with Crippen molar-refractivity contribution in [1.82, 2.24) is 15.3 Å². The van der Waals surface area contributed by atoms with Crippen molar-refractivity contribution in [3.8, 4) is 6.01 Å². The van der Waals surface area contributed by atoms with E-state index < -0.39 is 0 Å². The van der Waals surface area contributed by atoms with Crippen molar-refractivity contribution >= 4 is 16.7 Å². The zero-order chi connectivity index (χ0) is 13.1. The summed E-state index contributed by atoms with van der Waals surface area (Å²) in [6.45, 7) is 2.79. The first-order valence-electron chi connectivity index (χ1n) is 6.69. The van der Waals surface area contributed by atoms with Crippen LogP contribution in [-0.2, 0) is 0 Å². The molecule has 0 aliphatic carbocycles. The van der Waals surface area contributed by atoms with Gasteiger partial charge in [0.05, 0.1) is 12.1 Å². The summed E-state index contributed by atoms with van der Waals surface area (Å²) < 4.78 is 5.70. The lowest BCUT2D eigenvalue weighted by molar-refractivity contribution is 0.203. The molecule has 3 rings (SSSR count). The van der Waals surface area contributed by atoms with E-state index in [-0.39, 0.29) is 0 Å². The van der Waals surface area contributed by atoms with E-state index in [4.69, 9.17) is 10.5 Å². The maximum Gasteiger partial charge on any atom is 0.318 e. The normalized spacial score (nSPS) is 16.6. The second kappa shape index (κ2) is 5.40. The smallest absolute Gasteiger partial charge is 0.318 e. The molecule has 2 aromatic rings. The number of rotatable bonds is 3. The van der Waals surface area contributed by atoms with Crippen LogP contribution in [0.25, 0.3) is 10.9 Å². The highest BCUT2D eigenvalue weighted by atomic mass is 16.5. The molecule has 1 aliphatic rings. The molecule has 1 aliphatic heterocycles. The van der Waals surface area contributed by atoms with Crippen LogP contribution in [0.3, 0.4) is 0 Å². The van der Waals surface area contributed by atoms with Gasteiger partial charge in [0, 0.05) is 5.39 Å². The molecule has 3 N–H and O–H groups in total. The van der Waals surface area contributed by atoms with E-state index in [1.807, 2.05) is 24.3 Å². The largest absolute Gasteiger partial charge is 0.463 e. The number of hydrogen-bond donors (Lipinski definition) is 2. The van der Waals surface area contributed by atoms with Crippen LogP contribution in [0.5, 0.6) is 6.01 Å². The predicted octanol–water partition coefficient (Wildman–Crippen LogP) is 1.59. The van der Waals surface area contributed by atoms with Crippen molar-refractivity contribution in [3.05, 3.63) is 24.3 Å². The monoisotopic (exact) mass is 258 g/mol. The molecule has 19 heavy (non-hydrogen) atoms. The Morgan fingerprint density at radius 1 is 1.21 bits per heavy atom. The van der Waals surface area contributed by atoms with Gasteiger partial charge in [0.25, 0.3) is 0 Å². The van der Waals surface area contributed by atoms with Gasteiger partial charge in [0.1, 0.15) is 5.82 Å². The number of nitrogen functional groups attached to an aromatic ring is 1. The fourth-order valence-corrected chi connectivity index (χ4v) is 2.38. The van der Waals surface area contributed by atoms with E-state index in [1.54, 1.807) is 0 Å². The van der Waals surface area contributed by atoms with Crippen LogP contribution in [0.15, 0.2) is 24.3 Å². The summed E-state index contributed by atoms with van der Waals surface area (Å²) in [6, 6.07) is 8.09. The van der Waals surface area contributed by atoms with Gasteiger partial charge in [-0.15, -0.1) is 0 Å². The maximum absolute atomic E-state index is 5.92. The Morgan fingerprint density at radius 2 is 2.00 bits per heavy atom. The molecule has 1 saturated heterocycles. The molecular formula is C14H18N4O. The maximum atomic E-state index is 5.92. The van der Waals surface area contributed by atoms with Crippen molar-refractivity contribution < 1.29 is 4.74 Å². The molecule has 0 radical (unpaired) electrons. The first kappa shape index (κ1) is 12.2. The Hall–Kier alpha value is -1.88. The van der Waals surface area contributed by atoms with Crippen LogP contribution < -0.4 is 15.8 Å². The van der Waals surface area contributed by atoms with Crippen LogP contribution in [0.4, 0.5) is 5.82 Å². The predicted molar refractivity (Wildman–Crippen MR) is 75.0 cm³/mol. The summed E-state index contributed by atoms with van der Waals surface area (Å²) in [5, 5.41) is 4.21. The highest BCUT2D eigenvalue weighted by Gasteiger charge is 2.14. The fourth-order valence-electron chi connectivity index (χ4n) is 2.38.